The number of anilines is 2. The van der Waals surface area contributed by atoms with Crippen molar-refractivity contribution < 1.29 is 24.5 Å². The van der Waals surface area contributed by atoms with Gasteiger partial charge in [-0.05, 0) is 24.3 Å². The fourth-order valence-corrected chi connectivity index (χ4v) is 4.64. The van der Waals surface area contributed by atoms with E-state index in [1.807, 2.05) is 42.5 Å². The van der Waals surface area contributed by atoms with Crippen molar-refractivity contribution in [2.45, 2.75) is 24.4 Å². The zero-order chi connectivity index (χ0) is 23.2. The Morgan fingerprint density at radius 2 is 1.76 bits per heavy atom. The molecule has 2 aliphatic heterocycles. The third kappa shape index (κ3) is 5.39. The first-order valence-corrected chi connectivity index (χ1v) is 11.3. The summed E-state index contributed by atoms with van der Waals surface area (Å²) in [6.45, 7) is 2.92. The lowest BCUT2D eigenvalue weighted by molar-refractivity contribution is -0.0205. The lowest BCUT2D eigenvalue weighted by Crippen LogP contribution is -2.57. The highest BCUT2D eigenvalue weighted by atomic mass is 16.5. The molecule has 0 unspecified atom stereocenters. The van der Waals surface area contributed by atoms with Gasteiger partial charge < -0.3 is 35.2 Å². The van der Waals surface area contributed by atoms with Gasteiger partial charge in [0.25, 0.3) is 0 Å². The van der Waals surface area contributed by atoms with Crippen molar-refractivity contribution in [3.8, 4) is 5.75 Å². The zero-order valence-corrected chi connectivity index (χ0v) is 18.8. The Hall–Kier alpha value is -2.85. The third-order valence-electron chi connectivity index (χ3n) is 6.30. The smallest absolute Gasteiger partial charge is 0.319 e. The van der Waals surface area contributed by atoms with E-state index in [0.29, 0.717) is 18.8 Å². The van der Waals surface area contributed by atoms with Crippen LogP contribution in [0.1, 0.15) is 0 Å². The highest BCUT2D eigenvalue weighted by molar-refractivity contribution is 5.89. The van der Waals surface area contributed by atoms with Crippen LogP contribution in [0.15, 0.2) is 54.6 Å². The van der Waals surface area contributed by atoms with Gasteiger partial charge >= 0.3 is 6.03 Å². The van der Waals surface area contributed by atoms with E-state index < -0.39 is 18.3 Å². The van der Waals surface area contributed by atoms with Crippen LogP contribution in [0.4, 0.5) is 16.2 Å². The van der Waals surface area contributed by atoms with Crippen molar-refractivity contribution in [1.82, 2.24) is 10.2 Å². The first-order valence-electron chi connectivity index (χ1n) is 11.3. The normalized spacial score (nSPS) is 25.6. The Balaban J connectivity index is 1.37. The van der Waals surface area contributed by atoms with Gasteiger partial charge in [0.15, 0.2) is 0 Å². The van der Waals surface area contributed by atoms with Gasteiger partial charge in [-0.25, -0.2) is 4.79 Å². The van der Waals surface area contributed by atoms with Gasteiger partial charge in [-0.15, -0.1) is 0 Å². The average molecular weight is 457 g/mol. The minimum atomic E-state index is -0.836. The molecule has 2 aromatic rings. The van der Waals surface area contributed by atoms with Gasteiger partial charge in [0.05, 0.1) is 31.5 Å². The molecule has 0 saturated carbocycles. The van der Waals surface area contributed by atoms with Crippen LogP contribution in [0.3, 0.4) is 0 Å². The molecule has 4 N–H and O–H groups in total. The number of para-hydroxylation sites is 3. The summed E-state index contributed by atoms with van der Waals surface area (Å²) < 4.78 is 11.4. The van der Waals surface area contributed by atoms with E-state index in [1.54, 1.807) is 19.2 Å². The lowest BCUT2D eigenvalue weighted by atomic mass is 10.0. The van der Waals surface area contributed by atoms with Crippen molar-refractivity contribution in [3.63, 3.8) is 0 Å². The molecule has 4 rings (SSSR count). The molecule has 4 atom stereocenters. The molecule has 0 aromatic heterocycles. The zero-order valence-electron chi connectivity index (χ0n) is 18.8. The predicted octanol–water partition coefficient (Wildman–Crippen LogP) is 1.13. The summed E-state index contributed by atoms with van der Waals surface area (Å²) in [7, 11) is 1.67. The number of ether oxygens (including phenoxy) is 2. The molecule has 0 radical (unpaired) electrons. The number of urea groups is 1. The lowest BCUT2D eigenvalue weighted by Gasteiger charge is -2.41. The second-order valence-electron chi connectivity index (χ2n) is 8.27. The second-order valence-corrected chi connectivity index (χ2v) is 8.27. The number of hydrogen-bond acceptors (Lipinski definition) is 7. The molecule has 33 heavy (non-hydrogen) atoms. The monoisotopic (exact) mass is 456 g/mol. The molecular weight excluding hydrogens is 424 g/mol. The van der Waals surface area contributed by atoms with Crippen molar-refractivity contribution in [2.75, 3.05) is 56.7 Å². The Kier molecular flexibility index (Phi) is 7.66. The molecule has 2 amide bonds. The van der Waals surface area contributed by atoms with Gasteiger partial charge in [-0.3, -0.25) is 4.90 Å². The number of carbonyl (C=O) groups excluding carboxylic acids is 1. The van der Waals surface area contributed by atoms with Crippen LogP contribution in [-0.4, -0.2) is 91.9 Å². The molecule has 2 aromatic carbocycles. The molecule has 0 aliphatic carbocycles. The van der Waals surface area contributed by atoms with Crippen molar-refractivity contribution in [1.29, 1.82) is 0 Å². The molecule has 9 nitrogen and oxygen atoms in total. The SMILES string of the molecule is COc1ccccc1N1CCN([C@H]2[C@H](O)[C@H](CO)O[C@@H]2CNC(=O)Nc2ccccc2)CC1. The van der Waals surface area contributed by atoms with Crippen LogP contribution in [-0.2, 0) is 4.74 Å². The minimum Gasteiger partial charge on any atom is -0.495 e. The van der Waals surface area contributed by atoms with Crippen molar-refractivity contribution in [3.05, 3.63) is 54.6 Å². The fourth-order valence-electron chi connectivity index (χ4n) is 4.64. The molecule has 2 heterocycles. The van der Waals surface area contributed by atoms with E-state index in [2.05, 4.69) is 20.4 Å². The number of nitrogens with zero attached hydrogens (tertiary/aromatic N) is 2. The fraction of sp³-hybridized carbons (Fsp3) is 0.458. The van der Waals surface area contributed by atoms with E-state index in [0.717, 1.165) is 24.5 Å². The summed E-state index contributed by atoms with van der Waals surface area (Å²) in [4.78, 5) is 16.8. The van der Waals surface area contributed by atoms with Crippen LogP contribution >= 0.6 is 0 Å². The van der Waals surface area contributed by atoms with E-state index in [4.69, 9.17) is 9.47 Å². The quantitative estimate of drug-likeness (QED) is 0.495. The Bertz CT molecular complexity index is 907. The maximum atomic E-state index is 12.3. The number of amides is 2. The van der Waals surface area contributed by atoms with Gasteiger partial charge in [0.2, 0.25) is 0 Å². The summed E-state index contributed by atoms with van der Waals surface area (Å²) >= 11 is 0. The maximum Gasteiger partial charge on any atom is 0.319 e. The summed E-state index contributed by atoms with van der Waals surface area (Å²) in [5.74, 6) is 0.835. The number of methoxy groups -OCH3 is 1. The summed E-state index contributed by atoms with van der Waals surface area (Å²) in [5, 5.41) is 26.1. The molecule has 2 saturated heterocycles. The summed E-state index contributed by atoms with van der Waals surface area (Å²) in [6.07, 6.45) is -1.94. The predicted molar refractivity (Wildman–Crippen MR) is 126 cm³/mol. The van der Waals surface area contributed by atoms with Crippen LogP contribution in [0.2, 0.25) is 0 Å². The number of carbonyl (C=O) groups is 1. The Morgan fingerprint density at radius 1 is 1.06 bits per heavy atom. The second kappa shape index (κ2) is 10.8. The number of rotatable bonds is 7. The van der Waals surface area contributed by atoms with E-state index >= 15 is 0 Å². The molecule has 2 fully saturated rings. The molecule has 9 heteroatoms. The minimum absolute atomic E-state index is 0.226. The van der Waals surface area contributed by atoms with E-state index in [-0.39, 0.29) is 25.2 Å². The number of aliphatic hydroxyl groups excluding tert-OH is 2. The number of hydrogen-bond donors (Lipinski definition) is 4. The molecule has 0 spiro atoms. The molecule has 2 aliphatic rings. The van der Waals surface area contributed by atoms with Crippen LogP contribution in [0.5, 0.6) is 5.75 Å². The van der Waals surface area contributed by atoms with Gasteiger partial charge in [-0.1, -0.05) is 30.3 Å². The first kappa shape index (κ1) is 23.3. The average Bonchev–Trinajstić information content (AvgIpc) is 3.18. The highest BCUT2D eigenvalue weighted by Gasteiger charge is 2.46. The first-order chi connectivity index (χ1) is 16.1. The van der Waals surface area contributed by atoms with E-state index in [9.17, 15) is 15.0 Å². The molecule has 178 valence electrons. The molecular formula is C24H32N4O5. The highest BCUT2D eigenvalue weighted by Crippen LogP contribution is 2.31. The standard InChI is InChI=1S/C24H32N4O5/c1-32-19-10-6-5-9-18(19)27-11-13-28(14-12-27)22-20(33-21(16-29)23(22)30)15-25-24(31)26-17-7-3-2-4-8-17/h2-10,20-23,29-30H,11-16H2,1H3,(H2,25,26,31)/t20-,21+,22-,23-/m1/s1. The van der Waals surface area contributed by atoms with Gasteiger partial charge in [0.1, 0.15) is 18.0 Å². The summed E-state index contributed by atoms with van der Waals surface area (Å²) in [5.41, 5.74) is 1.74. The number of aliphatic hydroxyl groups is 2. The van der Waals surface area contributed by atoms with Crippen LogP contribution in [0.25, 0.3) is 0 Å². The van der Waals surface area contributed by atoms with Crippen LogP contribution < -0.4 is 20.3 Å². The van der Waals surface area contributed by atoms with Gasteiger partial charge in [0, 0.05) is 38.4 Å². The Morgan fingerprint density at radius 3 is 2.45 bits per heavy atom. The number of benzene rings is 2. The van der Waals surface area contributed by atoms with Crippen molar-refractivity contribution >= 4 is 17.4 Å². The van der Waals surface area contributed by atoms with E-state index in [1.165, 1.54) is 0 Å². The van der Waals surface area contributed by atoms with Gasteiger partial charge in [-0.2, -0.15) is 0 Å². The van der Waals surface area contributed by atoms with Crippen molar-refractivity contribution in [2.24, 2.45) is 0 Å². The topological polar surface area (TPSA) is 107 Å². The Labute approximate surface area is 193 Å². The summed E-state index contributed by atoms with van der Waals surface area (Å²) in [6, 6.07) is 16.5. The largest absolute Gasteiger partial charge is 0.495 e. The maximum absolute atomic E-state index is 12.3. The number of nitrogens with one attached hydrogen (secondary N) is 2. The van der Waals surface area contributed by atoms with Crippen LogP contribution in [0, 0.1) is 0 Å². The molecule has 0 bridgehead atoms. The number of piperazine rings is 1. The third-order valence-corrected chi connectivity index (χ3v) is 6.30.